The highest BCUT2D eigenvalue weighted by atomic mass is 32.1. The lowest BCUT2D eigenvalue weighted by molar-refractivity contribution is 0.503. The fraction of sp³-hybridized carbons (Fsp3) is 0.400. The average molecular weight is 351 g/mol. The molecule has 8 nitrogen and oxygen atoms in total. The van der Waals surface area contributed by atoms with Gasteiger partial charge in [-0.05, 0) is 30.8 Å². The Kier molecular flexibility index (Phi) is 5.80. The summed E-state index contributed by atoms with van der Waals surface area (Å²) in [6.07, 6.45) is 3.25. The summed E-state index contributed by atoms with van der Waals surface area (Å²) in [4.78, 5) is 27.8. The van der Waals surface area contributed by atoms with Crippen molar-refractivity contribution < 1.29 is 4.42 Å². The highest BCUT2D eigenvalue weighted by molar-refractivity contribution is 7.80. The molecule has 130 valence electrons. The quantitative estimate of drug-likeness (QED) is 0.667. The Morgan fingerprint density at radius 2 is 2.25 bits per heavy atom. The number of nitrogens with zero attached hydrogens (tertiary/aromatic N) is 2. The molecule has 0 aromatic carbocycles. The Hall–Kier alpha value is -2.55. The number of nitrogen functional groups attached to an aromatic ring is 1. The summed E-state index contributed by atoms with van der Waals surface area (Å²) in [5.74, 6) is 0.808. The number of H-pyrrole nitrogens is 1. The van der Waals surface area contributed by atoms with Gasteiger partial charge in [0.05, 0.1) is 12.8 Å². The number of aromatic nitrogens is 2. The van der Waals surface area contributed by atoms with Crippen molar-refractivity contribution in [1.82, 2.24) is 14.9 Å². The van der Waals surface area contributed by atoms with Crippen LogP contribution in [-0.2, 0) is 13.1 Å². The summed E-state index contributed by atoms with van der Waals surface area (Å²) >= 11 is 5.29. The average Bonchev–Trinajstić information content (AvgIpc) is 3.05. The van der Waals surface area contributed by atoms with Crippen molar-refractivity contribution in [2.45, 2.75) is 32.9 Å². The van der Waals surface area contributed by atoms with Gasteiger partial charge in [-0.1, -0.05) is 13.3 Å². The normalized spacial score (nSPS) is 10.6. The fourth-order valence-electron chi connectivity index (χ4n) is 2.24. The Bertz CT molecular complexity index is 810. The third-order valence-electron chi connectivity index (χ3n) is 3.58. The van der Waals surface area contributed by atoms with Gasteiger partial charge >= 0.3 is 5.69 Å². The minimum atomic E-state index is -0.574. The zero-order valence-corrected chi connectivity index (χ0v) is 14.5. The Labute approximate surface area is 144 Å². The summed E-state index contributed by atoms with van der Waals surface area (Å²) in [7, 11) is 1.62. The van der Waals surface area contributed by atoms with Gasteiger partial charge in [0.2, 0.25) is 0 Å². The molecule has 0 aliphatic heterocycles. The van der Waals surface area contributed by atoms with Crippen LogP contribution in [0.5, 0.6) is 0 Å². The van der Waals surface area contributed by atoms with Gasteiger partial charge in [0, 0.05) is 13.6 Å². The zero-order chi connectivity index (χ0) is 17.7. The van der Waals surface area contributed by atoms with E-state index in [-0.39, 0.29) is 11.5 Å². The second-order valence-electron chi connectivity index (χ2n) is 5.30. The number of rotatable bonds is 6. The standard InChI is InChI=1S/C15H21N5O3S/c1-3-4-7-20-12(16)11(13(21)18-14(20)22)19(2)15(24)17-9-10-6-5-8-23-10/h5-6,8H,3-4,7,9,16H2,1-2H3,(H,17,24)(H,18,21,22). The molecule has 0 bridgehead atoms. The molecule has 0 spiro atoms. The maximum Gasteiger partial charge on any atom is 0.330 e. The zero-order valence-electron chi connectivity index (χ0n) is 13.7. The monoisotopic (exact) mass is 351 g/mol. The molecule has 0 saturated heterocycles. The molecule has 0 unspecified atom stereocenters. The number of nitrogens with two attached hydrogens (primary N) is 1. The Balaban J connectivity index is 2.24. The van der Waals surface area contributed by atoms with E-state index >= 15 is 0 Å². The van der Waals surface area contributed by atoms with E-state index in [1.165, 1.54) is 9.47 Å². The van der Waals surface area contributed by atoms with Gasteiger partial charge in [0.15, 0.2) is 5.11 Å². The number of hydrogen-bond acceptors (Lipinski definition) is 5. The van der Waals surface area contributed by atoms with Crippen LogP contribution in [0.25, 0.3) is 0 Å². The molecule has 0 atom stereocenters. The predicted molar refractivity (Wildman–Crippen MR) is 97.2 cm³/mol. The largest absolute Gasteiger partial charge is 0.467 e. The van der Waals surface area contributed by atoms with Gasteiger partial charge in [-0.2, -0.15) is 0 Å². The molecule has 2 aromatic heterocycles. The molecule has 2 heterocycles. The number of nitrogens with one attached hydrogen (secondary N) is 2. The van der Waals surface area contributed by atoms with Crippen LogP contribution in [0.1, 0.15) is 25.5 Å². The van der Waals surface area contributed by atoms with Crippen LogP contribution in [0.15, 0.2) is 32.4 Å². The van der Waals surface area contributed by atoms with Crippen LogP contribution in [0.2, 0.25) is 0 Å². The topological polar surface area (TPSA) is 109 Å². The van der Waals surface area contributed by atoms with E-state index in [4.69, 9.17) is 22.4 Å². The van der Waals surface area contributed by atoms with Crippen LogP contribution in [0.3, 0.4) is 0 Å². The first-order chi connectivity index (χ1) is 11.5. The number of aromatic amines is 1. The second kappa shape index (κ2) is 7.82. The van der Waals surface area contributed by atoms with E-state index in [9.17, 15) is 9.59 Å². The summed E-state index contributed by atoms with van der Waals surface area (Å²) < 4.78 is 6.57. The Morgan fingerprint density at radius 3 is 2.88 bits per heavy atom. The van der Waals surface area contributed by atoms with Crippen LogP contribution in [0.4, 0.5) is 11.5 Å². The fourth-order valence-corrected chi connectivity index (χ4v) is 2.40. The molecule has 0 aliphatic rings. The lowest BCUT2D eigenvalue weighted by Crippen LogP contribution is -2.43. The molecule has 0 saturated carbocycles. The van der Waals surface area contributed by atoms with Crippen molar-refractivity contribution in [3.63, 3.8) is 0 Å². The van der Waals surface area contributed by atoms with Crippen molar-refractivity contribution in [2.75, 3.05) is 17.7 Å². The van der Waals surface area contributed by atoms with E-state index in [2.05, 4.69) is 10.3 Å². The first-order valence-corrected chi connectivity index (χ1v) is 8.03. The van der Waals surface area contributed by atoms with Gasteiger partial charge in [0.25, 0.3) is 5.56 Å². The number of furan rings is 1. The van der Waals surface area contributed by atoms with E-state index < -0.39 is 11.2 Å². The molecule has 24 heavy (non-hydrogen) atoms. The molecule has 2 aromatic rings. The van der Waals surface area contributed by atoms with Gasteiger partial charge < -0.3 is 20.4 Å². The van der Waals surface area contributed by atoms with Crippen molar-refractivity contribution in [3.05, 3.63) is 45.0 Å². The highest BCUT2D eigenvalue weighted by Crippen LogP contribution is 2.15. The van der Waals surface area contributed by atoms with E-state index in [0.717, 1.165) is 12.8 Å². The van der Waals surface area contributed by atoms with E-state index in [1.807, 2.05) is 13.0 Å². The first-order valence-electron chi connectivity index (χ1n) is 7.62. The number of thiocarbonyl (C=S) groups is 1. The third kappa shape index (κ3) is 3.85. The Morgan fingerprint density at radius 1 is 1.50 bits per heavy atom. The summed E-state index contributed by atoms with van der Waals surface area (Å²) in [5, 5.41) is 3.28. The minimum absolute atomic E-state index is 0.0989. The van der Waals surface area contributed by atoms with Crippen LogP contribution in [0, 0.1) is 0 Å². The van der Waals surface area contributed by atoms with E-state index in [0.29, 0.717) is 24.0 Å². The molecule has 2 rings (SSSR count). The SMILES string of the molecule is CCCCn1c(N)c(N(C)C(=S)NCc2ccco2)c(=O)[nH]c1=O. The van der Waals surface area contributed by atoms with Crippen molar-refractivity contribution in [1.29, 1.82) is 0 Å². The number of hydrogen-bond donors (Lipinski definition) is 3. The second-order valence-corrected chi connectivity index (χ2v) is 5.68. The maximum absolute atomic E-state index is 12.2. The molecule has 0 amide bonds. The first kappa shape index (κ1) is 17.8. The minimum Gasteiger partial charge on any atom is -0.467 e. The summed E-state index contributed by atoms with van der Waals surface area (Å²) in [6, 6.07) is 3.58. The van der Waals surface area contributed by atoms with Crippen LogP contribution < -0.4 is 27.2 Å². The molecule has 0 fully saturated rings. The molecule has 4 N–H and O–H groups in total. The summed E-state index contributed by atoms with van der Waals surface area (Å²) in [6.45, 7) is 2.82. The molecule has 0 radical (unpaired) electrons. The number of anilines is 2. The molecule has 9 heteroatoms. The molecular weight excluding hydrogens is 330 g/mol. The summed E-state index contributed by atoms with van der Waals surface area (Å²) in [5.41, 5.74) is 5.10. The van der Waals surface area contributed by atoms with Gasteiger partial charge in [-0.3, -0.25) is 14.3 Å². The van der Waals surface area contributed by atoms with Gasteiger partial charge in [0.1, 0.15) is 17.3 Å². The van der Waals surface area contributed by atoms with Crippen LogP contribution >= 0.6 is 12.2 Å². The van der Waals surface area contributed by atoms with Crippen molar-refractivity contribution >= 4 is 28.8 Å². The number of unbranched alkanes of at least 4 members (excludes halogenated alkanes) is 1. The van der Waals surface area contributed by atoms with Gasteiger partial charge in [-0.15, -0.1) is 0 Å². The highest BCUT2D eigenvalue weighted by Gasteiger charge is 2.18. The lowest BCUT2D eigenvalue weighted by atomic mass is 10.3. The smallest absolute Gasteiger partial charge is 0.330 e. The predicted octanol–water partition coefficient (Wildman–Crippen LogP) is 1.02. The van der Waals surface area contributed by atoms with Gasteiger partial charge in [-0.25, -0.2) is 4.79 Å². The van der Waals surface area contributed by atoms with E-state index in [1.54, 1.807) is 19.4 Å². The van der Waals surface area contributed by atoms with Crippen LogP contribution in [-0.4, -0.2) is 21.7 Å². The van der Waals surface area contributed by atoms with Crippen molar-refractivity contribution in [3.8, 4) is 0 Å². The van der Waals surface area contributed by atoms with Crippen molar-refractivity contribution in [2.24, 2.45) is 0 Å². The molecular formula is C15H21N5O3S. The maximum atomic E-state index is 12.2. The molecule has 0 aliphatic carbocycles. The third-order valence-corrected chi connectivity index (χ3v) is 4.00. The lowest BCUT2D eigenvalue weighted by Gasteiger charge is -2.22.